The summed E-state index contributed by atoms with van der Waals surface area (Å²) in [7, 11) is -3.06. The minimum atomic E-state index is -3.06. The van der Waals surface area contributed by atoms with Crippen molar-refractivity contribution in [1.82, 2.24) is 4.90 Å². The number of unbranched alkanes of at least 4 members (excludes halogenated alkanes) is 6. The fraction of sp³-hybridized carbons (Fsp3) is 0.933. The van der Waals surface area contributed by atoms with E-state index in [1.807, 2.05) is 0 Å². The van der Waals surface area contributed by atoms with Gasteiger partial charge < -0.3 is 5.11 Å². The molecule has 21 heavy (non-hydrogen) atoms. The van der Waals surface area contributed by atoms with Crippen molar-refractivity contribution < 1.29 is 18.3 Å². The van der Waals surface area contributed by atoms with Gasteiger partial charge in [-0.25, -0.2) is 8.42 Å². The molecule has 1 aliphatic rings. The first-order valence-corrected chi connectivity index (χ1v) is 9.93. The monoisotopic (exact) mass is 319 g/mol. The van der Waals surface area contributed by atoms with E-state index in [4.69, 9.17) is 5.11 Å². The number of carbonyl (C=O) groups is 1. The molecule has 5 nitrogen and oxygen atoms in total. The van der Waals surface area contributed by atoms with Crippen LogP contribution in [0.15, 0.2) is 0 Å². The average molecular weight is 319 g/mol. The van der Waals surface area contributed by atoms with E-state index in [9.17, 15) is 13.2 Å². The second-order valence-corrected chi connectivity index (χ2v) is 8.25. The summed E-state index contributed by atoms with van der Waals surface area (Å²) in [6.07, 6.45) is 8.42. The second kappa shape index (κ2) is 9.41. The Kier molecular flexibility index (Phi) is 8.26. The van der Waals surface area contributed by atoms with Crippen LogP contribution in [0.25, 0.3) is 0 Å². The number of rotatable bonds is 10. The first-order chi connectivity index (χ1) is 9.94. The number of aliphatic carboxylic acids is 1. The van der Waals surface area contributed by atoms with E-state index in [-0.39, 0.29) is 24.0 Å². The van der Waals surface area contributed by atoms with Crippen molar-refractivity contribution in [3.8, 4) is 0 Å². The van der Waals surface area contributed by atoms with E-state index in [0.717, 1.165) is 19.4 Å². The highest BCUT2D eigenvalue weighted by atomic mass is 32.2. The van der Waals surface area contributed by atoms with Gasteiger partial charge in [0.25, 0.3) is 0 Å². The molecule has 1 atom stereocenters. The molecule has 1 heterocycles. The van der Waals surface area contributed by atoms with Gasteiger partial charge in [-0.2, -0.15) is 0 Å². The summed E-state index contributed by atoms with van der Waals surface area (Å²) in [5.74, 6) is -0.753. The minimum Gasteiger partial charge on any atom is -0.481 e. The molecule has 0 aromatic carbocycles. The molecule has 0 amide bonds. The van der Waals surface area contributed by atoms with Crippen molar-refractivity contribution in [1.29, 1.82) is 0 Å². The highest BCUT2D eigenvalue weighted by Gasteiger charge is 2.32. The Hall–Kier alpha value is -0.620. The van der Waals surface area contributed by atoms with E-state index in [0.29, 0.717) is 6.54 Å². The van der Waals surface area contributed by atoms with E-state index in [2.05, 4.69) is 11.8 Å². The Balaban J connectivity index is 2.29. The highest BCUT2D eigenvalue weighted by molar-refractivity contribution is 7.91. The van der Waals surface area contributed by atoms with Gasteiger partial charge in [0.2, 0.25) is 0 Å². The van der Waals surface area contributed by atoms with Crippen molar-refractivity contribution in [3.63, 3.8) is 0 Å². The molecular formula is C15H29NO4S. The molecule has 6 heteroatoms. The fourth-order valence-corrected chi connectivity index (χ4v) is 4.47. The zero-order chi connectivity index (χ0) is 15.7. The van der Waals surface area contributed by atoms with Gasteiger partial charge in [0.1, 0.15) is 0 Å². The van der Waals surface area contributed by atoms with Crippen LogP contribution in [-0.4, -0.2) is 55.0 Å². The minimum absolute atomic E-state index is 0.00417. The maximum absolute atomic E-state index is 11.6. The third-order valence-corrected chi connectivity index (χ3v) is 5.81. The molecule has 1 aliphatic heterocycles. The molecule has 1 N–H and O–H groups in total. The van der Waals surface area contributed by atoms with Gasteiger partial charge in [-0.15, -0.1) is 0 Å². The molecule has 0 spiro atoms. The Bertz CT molecular complexity index is 408. The number of carboxylic acid groups (broad SMARTS) is 1. The van der Waals surface area contributed by atoms with Crippen LogP contribution in [0.1, 0.15) is 58.3 Å². The lowest BCUT2D eigenvalue weighted by atomic mass is 10.1. The Morgan fingerprint density at radius 1 is 1.14 bits per heavy atom. The van der Waals surface area contributed by atoms with Crippen molar-refractivity contribution in [2.45, 2.75) is 64.3 Å². The van der Waals surface area contributed by atoms with Crippen molar-refractivity contribution in [3.05, 3.63) is 0 Å². The molecule has 0 aliphatic carbocycles. The number of hydrogen-bond acceptors (Lipinski definition) is 4. The lowest BCUT2D eigenvalue weighted by Crippen LogP contribution is -2.49. The maximum atomic E-state index is 11.6. The Morgan fingerprint density at radius 2 is 1.76 bits per heavy atom. The quantitative estimate of drug-likeness (QED) is 0.625. The van der Waals surface area contributed by atoms with E-state index in [1.165, 1.54) is 32.1 Å². The largest absolute Gasteiger partial charge is 0.481 e. The molecule has 1 saturated heterocycles. The summed E-state index contributed by atoms with van der Waals surface area (Å²) in [5.41, 5.74) is 0. The van der Waals surface area contributed by atoms with Crippen molar-refractivity contribution >= 4 is 15.8 Å². The summed E-state index contributed by atoms with van der Waals surface area (Å²) in [5, 5.41) is 8.92. The van der Waals surface area contributed by atoms with Crippen LogP contribution in [0.5, 0.6) is 0 Å². The van der Waals surface area contributed by atoms with Crippen LogP contribution >= 0.6 is 0 Å². The third kappa shape index (κ3) is 7.81. The van der Waals surface area contributed by atoms with Crippen molar-refractivity contribution in [2.75, 3.05) is 24.6 Å². The predicted octanol–water partition coefficient (Wildman–Crippen LogP) is 2.31. The van der Waals surface area contributed by atoms with Gasteiger partial charge in [-0.05, 0) is 13.0 Å². The second-order valence-electron chi connectivity index (χ2n) is 6.02. The summed E-state index contributed by atoms with van der Waals surface area (Å²) in [4.78, 5) is 12.9. The topological polar surface area (TPSA) is 74.7 Å². The molecular weight excluding hydrogens is 290 g/mol. The molecule has 124 valence electrons. The summed E-state index contributed by atoms with van der Waals surface area (Å²) >= 11 is 0. The van der Waals surface area contributed by atoms with Gasteiger partial charge >= 0.3 is 5.97 Å². The SMILES string of the molecule is CCCCCCCCCN1CCS(=O)(=O)CC1CC(=O)O. The van der Waals surface area contributed by atoms with E-state index < -0.39 is 15.8 Å². The van der Waals surface area contributed by atoms with Gasteiger partial charge in [0.05, 0.1) is 17.9 Å². The lowest BCUT2D eigenvalue weighted by molar-refractivity contribution is -0.138. The lowest BCUT2D eigenvalue weighted by Gasteiger charge is -2.34. The first-order valence-electron chi connectivity index (χ1n) is 8.11. The normalized spacial score (nSPS) is 22.2. The fourth-order valence-electron chi connectivity index (χ4n) is 2.88. The summed E-state index contributed by atoms with van der Waals surface area (Å²) in [6.45, 7) is 3.50. The van der Waals surface area contributed by atoms with Crippen LogP contribution in [-0.2, 0) is 14.6 Å². The third-order valence-electron chi connectivity index (χ3n) is 4.11. The average Bonchev–Trinajstić information content (AvgIpc) is 2.38. The number of carboxylic acids is 1. The van der Waals surface area contributed by atoms with Crippen LogP contribution in [0.3, 0.4) is 0 Å². The van der Waals surface area contributed by atoms with E-state index >= 15 is 0 Å². The number of hydrogen-bond donors (Lipinski definition) is 1. The number of sulfone groups is 1. The van der Waals surface area contributed by atoms with Gasteiger partial charge in [-0.1, -0.05) is 45.4 Å². The molecule has 1 unspecified atom stereocenters. The zero-order valence-electron chi connectivity index (χ0n) is 13.1. The molecule has 0 aromatic heterocycles. The standard InChI is InChI=1S/C15H29NO4S/c1-2-3-4-5-6-7-8-9-16-10-11-21(19,20)13-14(16)12-15(17)18/h14H,2-13H2,1H3,(H,17,18). The summed E-state index contributed by atoms with van der Waals surface area (Å²) in [6, 6.07) is -0.346. The maximum Gasteiger partial charge on any atom is 0.304 e. The van der Waals surface area contributed by atoms with Crippen molar-refractivity contribution in [2.24, 2.45) is 0 Å². The highest BCUT2D eigenvalue weighted by Crippen LogP contribution is 2.16. The van der Waals surface area contributed by atoms with Crippen LogP contribution in [0.2, 0.25) is 0 Å². The molecule has 0 bridgehead atoms. The smallest absolute Gasteiger partial charge is 0.304 e. The van der Waals surface area contributed by atoms with Crippen LogP contribution < -0.4 is 0 Å². The van der Waals surface area contributed by atoms with Crippen LogP contribution in [0.4, 0.5) is 0 Å². The molecule has 0 radical (unpaired) electrons. The van der Waals surface area contributed by atoms with Gasteiger partial charge in [0, 0.05) is 12.6 Å². The number of nitrogens with zero attached hydrogens (tertiary/aromatic N) is 1. The van der Waals surface area contributed by atoms with Crippen LogP contribution in [0, 0.1) is 0 Å². The first kappa shape index (κ1) is 18.4. The van der Waals surface area contributed by atoms with Gasteiger partial charge in [0.15, 0.2) is 9.84 Å². The zero-order valence-corrected chi connectivity index (χ0v) is 13.9. The molecule has 0 saturated carbocycles. The molecule has 1 rings (SSSR count). The van der Waals surface area contributed by atoms with E-state index in [1.54, 1.807) is 0 Å². The Labute approximate surface area is 128 Å². The van der Waals surface area contributed by atoms with Gasteiger partial charge in [-0.3, -0.25) is 9.69 Å². The Morgan fingerprint density at radius 3 is 2.38 bits per heavy atom. The molecule has 0 aromatic rings. The predicted molar refractivity (Wildman–Crippen MR) is 84.3 cm³/mol. The molecule has 1 fully saturated rings. The summed E-state index contributed by atoms with van der Waals surface area (Å²) < 4.78 is 23.3.